The fourth-order valence-corrected chi connectivity index (χ4v) is 5.08. The molecule has 1 aliphatic heterocycles. The normalized spacial score (nSPS) is 13.4. The van der Waals surface area contributed by atoms with Gasteiger partial charge in [0.2, 0.25) is 0 Å². The number of benzene rings is 2. The van der Waals surface area contributed by atoms with Crippen molar-refractivity contribution >= 4 is 23.2 Å². The number of aromatic carboxylic acids is 1. The Morgan fingerprint density at radius 2 is 1.85 bits per heavy atom. The Kier molecular flexibility index (Phi) is 6.53. The maximum absolute atomic E-state index is 13.1. The Bertz CT molecular complexity index is 1190. The third-order valence-electron chi connectivity index (χ3n) is 5.39. The molecule has 1 aliphatic rings. The number of hydrogen-bond acceptors (Lipinski definition) is 4. The highest BCUT2D eigenvalue weighted by atomic mass is 32.1. The fraction of sp³-hybridized carbons (Fsp3) is 0.250. The predicted molar refractivity (Wildman–Crippen MR) is 117 cm³/mol. The number of fused-ring (bicyclic) bond motifs is 1. The van der Waals surface area contributed by atoms with E-state index in [1.807, 2.05) is 0 Å². The molecule has 0 aliphatic carbocycles. The van der Waals surface area contributed by atoms with Crippen LogP contribution < -0.4 is 5.32 Å². The van der Waals surface area contributed by atoms with E-state index < -0.39 is 17.7 Å². The van der Waals surface area contributed by atoms with Crippen molar-refractivity contribution in [3.63, 3.8) is 0 Å². The monoisotopic (exact) mass is 475 g/mol. The maximum atomic E-state index is 13.1. The van der Waals surface area contributed by atoms with E-state index in [1.54, 1.807) is 18.2 Å². The summed E-state index contributed by atoms with van der Waals surface area (Å²) < 4.78 is 44.9. The average molecular weight is 475 g/mol. The van der Waals surface area contributed by atoms with Gasteiger partial charge >= 0.3 is 12.1 Å². The van der Waals surface area contributed by atoms with Crippen molar-refractivity contribution in [1.82, 2.24) is 5.32 Å². The van der Waals surface area contributed by atoms with E-state index in [9.17, 15) is 22.8 Å². The Labute approximate surface area is 191 Å². The predicted octanol–water partition coefficient (Wildman–Crippen LogP) is 5.06. The van der Waals surface area contributed by atoms with Crippen molar-refractivity contribution in [2.75, 3.05) is 6.61 Å². The first-order valence-electron chi connectivity index (χ1n) is 10.2. The van der Waals surface area contributed by atoms with E-state index in [4.69, 9.17) is 9.84 Å². The molecule has 0 radical (unpaired) electrons. The molecule has 3 aromatic rings. The zero-order chi connectivity index (χ0) is 23.6. The topological polar surface area (TPSA) is 75.6 Å². The zero-order valence-electron chi connectivity index (χ0n) is 17.4. The molecule has 2 N–H and O–H groups in total. The number of alkyl halides is 3. The first kappa shape index (κ1) is 23.0. The van der Waals surface area contributed by atoms with E-state index in [0.29, 0.717) is 35.6 Å². The summed E-state index contributed by atoms with van der Waals surface area (Å²) in [5, 5.41) is 11.9. The number of hydrogen-bond donors (Lipinski definition) is 2. The SMILES string of the molecule is O=C(O)c1ccc(CNC(=O)c2c(Cc3cccc(C(F)(F)F)c3)sc3c2CCOC3)cc1. The number of carbonyl (C=O) groups is 2. The Morgan fingerprint density at radius 1 is 1.09 bits per heavy atom. The molecule has 0 unspecified atom stereocenters. The zero-order valence-corrected chi connectivity index (χ0v) is 18.2. The van der Waals surface area contributed by atoms with Crippen LogP contribution in [0, 0.1) is 0 Å². The second-order valence-corrected chi connectivity index (χ2v) is 8.85. The lowest BCUT2D eigenvalue weighted by Gasteiger charge is -2.14. The molecule has 0 saturated heterocycles. The number of ether oxygens (including phenoxy) is 1. The van der Waals surface area contributed by atoms with Crippen molar-refractivity contribution in [2.45, 2.75) is 32.2 Å². The first-order valence-corrected chi connectivity index (χ1v) is 11.0. The van der Waals surface area contributed by atoms with Crippen molar-refractivity contribution < 1.29 is 32.6 Å². The van der Waals surface area contributed by atoms with Gasteiger partial charge in [0.15, 0.2) is 0 Å². The third-order valence-corrected chi connectivity index (χ3v) is 6.60. The van der Waals surface area contributed by atoms with Gasteiger partial charge in [0.05, 0.1) is 29.9 Å². The van der Waals surface area contributed by atoms with Gasteiger partial charge in [-0.05, 0) is 41.3 Å². The summed E-state index contributed by atoms with van der Waals surface area (Å²) in [6.07, 6.45) is -3.67. The van der Waals surface area contributed by atoms with Gasteiger partial charge in [-0.1, -0.05) is 30.3 Å². The van der Waals surface area contributed by atoms with Crippen LogP contribution in [0.3, 0.4) is 0 Å². The van der Waals surface area contributed by atoms with E-state index in [2.05, 4.69) is 5.32 Å². The Morgan fingerprint density at radius 3 is 2.55 bits per heavy atom. The van der Waals surface area contributed by atoms with Crippen LogP contribution in [0.15, 0.2) is 48.5 Å². The van der Waals surface area contributed by atoms with E-state index in [-0.39, 0.29) is 24.4 Å². The smallest absolute Gasteiger partial charge is 0.416 e. The number of carbonyl (C=O) groups excluding carboxylic acids is 1. The summed E-state index contributed by atoms with van der Waals surface area (Å²) in [4.78, 5) is 25.8. The molecule has 0 saturated carbocycles. The molecule has 0 fully saturated rings. The highest BCUT2D eigenvalue weighted by molar-refractivity contribution is 7.12. The summed E-state index contributed by atoms with van der Waals surface area (Å²) >= 11 is 1.39. The van der Waals surface area contributed by atoms with Crippen LogP contribution in [0.2, 0.25) is 0 Å². The lowest BCUT2D eigenvalue weighted by Crippen LogP contribution is -2.25. The largest absolute Gasteiger partial charge is 0.478 e. The van der Waals surface area contributed by atoms with E-state index >= 15 is 0 Å². The quantitative estimate of drug-likeness (QED) is 0.523. The van der Waals surface area contributed by atoms with E-state index in [1.165, 1.54) is 29.5 Å². The lowest BCUT2D eigenvalue weighted by molar-refractivity contribution is -0.137. The number of carboxylic acids is 1. The van der Waals surface area contributed by atoms with E-state index in [0.717, 1.165) is 28.1 Å². The summed E-state index contributed by atoms with van der Waals surface area (Å²) in [5.74, 6) is -1.34. The second-order valence-electron chi connectivity index (χ2n) is 7.66. The van der Waals surface area contributed by atoms with Crippen LogP contribution in [0.1, 0.15) is 52.7 Å². The van der Waals surface area contributed by atoms with Gasteiger partial charge in [0, 0.05) is 22.7 Å². The highest BCUT2D eigenvalue weighted by Gasteiger charge is 2.31. The molecule has 4 rings (SSSR count). The molecule has 0 bridgehead atoms. The summed E-state index contributed by atoms with van der Waals surface area (Å²) in [5.41, 5.74) is 2.02. The minimum Gasteiger partial charge on any atom is -0.478 e. The van der Waals surface area contributed by atoms with Gasteiger partial charge in [-0.25, -0.2) is 4.79 Å². The molecular weight excluding hydrogens is 455 g/mol. The van der Waals surface area contributed by atoms with Crippen molar-refractivity contribution in [2.24, 2.45) is 0 Å². The summed E-state index contributed by atoms with van der Waals surface area (Å²) in [6, 6.07) is 11.3. The minimum atomic E-state index is -4.44. The van der Waals surface area contributed by atoms with Gasteiger partial charge in [-0.15, -0.1) is 11.3 Å². The molecular formula is C24H20F3NO4S. The first-order chi connectivity index (χ1) is 15.7. The summed E-state index contributed by atoms with van der Waals surface area (Å²) in [6.45, 7) is 1.05. The van der Waals surface area contributed by atoms with Gasteiger partial charge in [-0.2, -0.15) is 13.2 Å². The van der Waals surface area contributed by atoms with Crippen molar-refractivity contribution in [3.05, 3.63) is 91.7 Å². The number of rotatable bonds is 6. The number of halogens is 3. The molecule has 2 aromatic carbocycles. The standard InChI is InChI=1S/C24H20F3NO4S/c25-24(26,27)17-3-1-2-15(10-17)11-19-21(18-8-9-32-13-20(18)33-19)22(29)28-12-14-4-6-16(7-5-14)23(30)31/h1-7,10H,8-9,11-13H2,(H,28,29)(H,30,31). The maximum Gasteiger partial charge on any atom is 0.416 e. The molecule has 33 heavy (non-hydrogen) atoms. The van der Waals surface area contributed by atoms with Crippen LogP contribution >= 0.6 is 11.3 Å². The number of thiophene rings is 1. The molecule has 9 heteroatoms. The van der Waals surface area contributed by atoms with Crippen LogP contribution in [0.5, 0.6) is 0 Å². The fourth-order valence-electron chi connectivity index (χ4n) is 3.76. The Balaban J connectivity index is 1.57. The molecule has 5 nitrogen and oxygen atoms in total. The van der Waals surface area contributed by atoms with Crippen molar-refractivity contribution in [3.8, 4) is 0 Å². The number of amides is 1. The third kappa shape index (κ3) is 5.26. The van der Waals surface area contributed by atoms with Crippen LogP contribution in [-0.2, 0) is 36.9 Å². The van der Waals surface area contributed by atoms with Crippen LogP contribution in [-0.4, -0.2) is 23.6 Å². The van der Waals surface area contributed by atoms with Crippen molar-refractivity contribution in [1.29, 1.82) is 0 Å². The van der Waals surface area contributed by atoms with Crippen LogP contribution in [0.4, 0.5) is 13.2 Å². The molecule has 2 heterocycles. The molecule has 0 atom stereocenters. The van der Waals surface area contributed by atoms with Gasteiger partial charge in [0.25, 0.3) is 5.91 Å². The molecule has 1 amide bonds. The number of nitrogens with one attached hydrogen (secondary N) is 1. The minimum absolute atomic E-state index is 0.153. The average Bonchev–Trinajstić information content (AvgIpc) is 3.15. The molecule has 0 spiro atoms. The molecule has 1 aromatic heterocycles. The lowest BCUT2D eigenvalue weighted by atomic mass is 9.99. The second kappa shape index (κ2) is 9.36. The van der Waals surface area contributed by atoms with Gasteiger partial charge in [0.1, 0.15) is 0 Å². The summed E-state index contributed by atoms with van der Waals surface area (Å²) in [7, 11) is 0. The number of carboxylic acid groups (broad SMARTS) is 1. The van der Waals surface area contributed by atoms with Crippen LogP contribution in [0.25, 0.3) is 0 Å². The van der Waals surface area contributed by atoms with Gasteiger partial charge < -0.3 is 15.2 Å². The van der Waals surface area contributed by atoms with Gasteiger partial charge in [-0.3, -0.25) is 4.79 Å². The molecule has 172 valence electrons. The highest BCUT2D eigenvalue weighted by Crippen LogP contribution is 2.35. The Hall–Kier alpha value is -3.17.